The van der Waals surface area contributed by atoms with Crippen molar-refractivity contribution in [3.05, 3.63) is 33.0 Å². The lowest BCUT2D eigenvalue weighted by Crippen LogP contribution is -2.29. The highest BCUT2D eigenvalue weighted by Gasteiger charge is 2.26. The summed E-state index contributed by atoms with van der Waals surface area (Å²) in [5, 5.41) is 6.78. The zero-order valence-corrected chi connectivity index (χ0v) is 14.6. The van der Waals surface area contributed by atoms with Crippen LogP contribution in [0.4, 0.5) is 5.13 Å². The Kier molecular flexibility index (Phi) is 4.62. The molecule has 0 amide bonds. The molecule has 0 bridgehead atoms. The van der Waals surface area contributed by atoms with Gasteiger partial charge in [-0.15, -0.1) is 11.3 Å². The van der Waals surface area contributed by atoms with Gasteiger partial charge in [0, 0.05) is 21.8 Å². The Balaban J connectivity index is 1.88. The monoisotopic (exact) mass is 321 g/mol. The first-order valence-electron chi connectivity index (χ1n) is 7.65. The Morgan fingerprint density at radius 3 is 3.00 bits per heavy atom. The minimum absolute atomic E-state index is 0.465. The van der Waals surface area contributed by atoms with E-state index >= 15 is 0 Å². The van der Waals surface area contributed by atoms with Crippen LogP contribution in [0.1, 0.15) is 48.2 Å². The molecule has 1 N–H and O–H groups in total. The number of hydrogen-bond donors (Lipinski definition) is 1. The third-order valence-electron chi connectivity index (χ3n) is 4.06. The molecule has 0 saturated carbocycles. The van der Waals surface area contributed by atoms with E-state index in [2.05, 4.69) is 48.6 Å². The molecular formula is C16H23N3S2. The van der Waals surface area contributed by atoms with Crippen molar-refractivity contribution in [2.24, 2.45) is 0 Å². The summed E-state index contributed by atoms with van der Waals surface area (Å²) in [5.74, 6) is 0. The van der Waals surface area contributed by atoms with E-state index < -0.39 is 0 Å². The Morgan fingerprint density at radius 2 is 2.33 bits per heavy atom. The van der Waals surface area contributed by atoms with E-state index in [0.29, 0.717) is 12.1 Å². The molecule has 1 unspecified atom stereocenters. The van der Waals surface area contributed by atoms with Gasteiger partial charge in [0.1, 0.15) is 0 Å². The fraction of sp³-hybridized carbons (Fsp3) is 0.562. The number of nitrogens with zero attached hydrogens (tertiary/aromatic N) is 2. The Labute approximate surface area is 135 Å². The molecule has 2 aromatic heterocycles. The van der Waals surface area contributed by atoms with Crippen LogP contribution in [0.25, 0.3) is 0 Å². The lowest BCUT2D eigenvalue weighted by atomic mass is 9.98. The Bertz CT molecular complexity index is 574. The summed E-state index contributed by atoms with van der Waals surface area (Å²) in [6.07, 6.45) is 3.61. The van der Waals surface area contributed by atoms with Crippen LogP contribution in [-0.2, 0) is 13.0 Å². The van der Waals surface area contributed by atoms with Crippen LogP contribution in [0.3, 0.4) is 0 Å². The first kappa shape index (κ1) is 15.0. The van der Waals surface area contributed by atoms with E-state index in [1.54, 1.807) is 0 Å². The first-order chi connectivity index (χ1) is 10.2. The molecule has 0 saturated heterocycles. The van der Waals surface area contributed by atoms with Gasteiger partial charge < -0.3 is 10.2 Å². The third kappa shape index (κ3) is 3.15. The maximum Gasteiger partial charge on any atom is 0.186 e. The number of rotatable bonds is 5. The van der Waals surface area contributed by atoms with Crippen molar-refractivity contribution in [1.82, 2.24) is 10.3 Å². The number of aromatic nitrogens is 1. The maximum atomic E-state index is 4.96. The number of fused-ring (bicyclic) bond motifs is 1. The normalized spacial score (nSPS) is 18.0. The number of thiazole rings is 1. The quantitative estimate of drug-likeness (QED) is 0.894. The van der Waals surface area contributed by atoms with Crippen LogP contribution in [0, 0.1) is 0 Å². The molecule has 3 nitrogen and oxygen atoms in total. The molecule has 3 rings (SSSR count). The summed E-state index contributed by atoms with van der Waals surface area (Å²) in [6.45, 7) is 5.47. The minimum atomic E-state index is 0.465. The number of anilines is 1. The lowest BCUT2D eigenvalue weighted by Gasteiger charge is -2.25. The van der Waals surface area contributed by atoms with Gasteiger partial charge in [-0.25, -0.2) is 4.98 Å². The van der Waals surface area contributed by atoms with Crippen molar-refractivity contribution >= 4 is 27.8 Å². The topological polar surface area (TPSA) is 28.2 Å². The molecular weight excluding hydrogens is 298 g/mol. The van der Waals surface area contributed by atoms with Crippen LogP contribution < -0.4 is 10.2 Å². The van der Waals surface area contributed by atoms with E-state index in [-0.39, 0.29) is 0 Å². The summed E-state index contributed by atoms with van der Waals surface area (Å²) in [5.41, 5.74) is 1.32. The molecule has 21 heavy (non-hydrogen) atoms. The van der Waals surface area contributed by atoms with Crippen LogP contribution in [0.15, 0.2) is 17.5 Å². The van der Waals surface area contributed by atoms with Crippen molar-refractivity contribution in [3.8, 4) is 0 Å². The lowest BCUT2D eigenvalue weighted by molar-refractivity contribution is 0.501. The average Bonchev–Trinajstić information content (AvgIpc) is 3.12. The van der Waals surface area contributed by atoms with Crippen molar-refractivity contribution in [1.29, 1.82) is 0 Å². The van der Waals surface area contributed by atoms with E-state index in [1.807, 2.05) is 22.7 Å². The summed E-state index contributed by atoms with van der Waals surface area (Å²) in [7, 11) is 2.06. The van der Waals surface area contributed by atoms with E-state index in [9.17, 15) is 0 Å². The van der Waals surface area contributed by atoms with Crippen LogP contribution >= 0.6 is 22.7 Å². The van der Waals surface area contributed by atoms with Gasteiger partial charge in [-0.2, -0.15) is 0 Å². The van der Waals surface area contributed by atoms with Crippen molar-refractivity contribution in [2.45, 2.75) is 51.7 Å². The van der Waals surface area contributed by atoms with E-state index in [4.69, 9.17) is 4.98 Å². The second-order valence-electron chi connectivity index (χ2n) is 5.84. The molecule has 0 fully saturated rings. The molecule has 2 heterocycles. The molecule has 5 heteroatoms. The van der Waals surface area contributed by atoms with Crippen LogP contribution in [0.2, 0.25) is 0 Å². The smallest absolute Gasteiger partial charge is 0.186 e. The average molecular weight is 322 g/mol. The Hall–Kier alpha value is -0.910. The van der Waals surface area contributed by atoms with Gasteiger partial charge in [0.15, 0.2) is 5.13 Å². The van der Waals surface area contributed by atoms with E-state index in [0.717, 1.165) is 13.0 Å². The number of thiophene rings is 1. The molecule has 0 aliphatic heterocycles. The summed E-state index contributed by atoms with van der Waals surface area (Å²) >= 11 is 3.71. The van der Waals surface area contributed by atoms with Crippen LogP contribution in [0.5, 0.6) is 0 Å². The molecule has 0 aromatic carbocycles. The van der Waals surface area contributed by atoms with Gasteiger partial charge in [-0.1, -0.05) is 17.4 Å². The number of nitrogens with one attached hydrogen (secondary N) is 1. The SMILES string of the molecule is CNC1CCCc2nc(N(Cc3cccs3)C(C)C)sc21. The fourth-order valence-electron chi connectivity index (χ4n) is 2.85. The highest BCUT2D eigenvalue weighted by Crippen LogP contribution is 2.38. The Morgan fingerprint density at radius 1 is 1.48 bits per heavy atom. The maximum absolute atomic E-state index is 4.96. The highest BCUT2D eigenvalue weighted by atomic mass is 32.1. The largest absolute Gasteiger partial charge is 0.341 e. The van der Waals surface area contributed by atoms with Gasteiger partial charge in [0.05, 0.1) is 12.2 Å². The first-order valence-corrected chi connectivity index (χ1v) is 9.34. The predicted molar refractivity (Wildman–Crippen MR) is 92.5 cm³/mol. The summed E-state index contributed by atoms with van der Waals surface area (Å²) in [6, 6.07) is 5.30. The molecule has 0 radical (unpaired) electrons. The molecule has 114 valence electrons. The standard InChI is InChI=1S/C16H23N3S2/c1-11(2)19(10-12-6-5-9-20-12)16-18-14-8-4-7-13(17-3)15(14)21-16/h5-6,9,11,13,17H,4,7-8,10H2,1-3H3. The molecule has 2 aromatic rings. The van der Waals surface area contributed by atoms with Gasteiger partial charge in [0.2, 0.25) is 0 Å². The van der Waals surface area contributed by atoms with E-state index in [1.165, 1.54) is 33.4 Å². The van der Waals surface area contributed by atoms with Crippen LogP contribution in [-0.4, -0.2) is 18.1 Å². The second-order valence-corrected chi connectivity index (χ2v) is 7.88. The van der Waals surface area contributed by atoms with Crippen molar-refractivity contribution in [3.63, 3.8) is 0 Å². The van der Waals surface area contributed by atoms with Crippen molar-refractivity contribution < 1.29 is 0 Å². The van der Waals surface area contributed by atoms with Gasteiger partial charge in [-0.3, -0.25) is 0 Å². The van der Waals surface area contributed by atoms with Gasteiger partial charge >= 0.3 is 0 Å². The fourth-order valence-corrected chi connectivity index (χ4v) is 4.94. The van der Waals surface area contributed by atoms with Crippen molar-refractivity contribution in [2.75, 3.05) is 11.9 Å². The van der Waals surface area contributed by atoms with Gasteiger partial charge in [0.25, 0.3) is 0 Å². The number of aryl methyl sites for hydroxylation is 1. The predicted octanol–water partition coefficient (Wildman–Crippen LogP) is 4.22. The zero-order chi connectivity index (χ0) is 14.8. The molecule has 1 aliphatic carbocycles. The molecule has 1 aliphatic rings. The molecule has 0 spiro atoms. The minimum Gasteiger partial charge on any atom is -0.341 e. The third-order valence-corrected chi connectivity index (χ3v) is 6.17. The highest BCUT2D eigenvalue weighted by molar-refractivity contribution is 7.15. The number of hydrogen-bond acceptors (Lipinski definition) is 5. The molecule has 1 atom stereocenters. The zero-order valence-electron chi connectivity index (χ0n) is 12.9. The summed E-state index contributed by atoms with van der Waals surface area (Å²) in [4.78, 5) is 10.3. The van der Waals surface area contributed by atoms with Gasteiger partial charge in [-0.05, 0) is 51.6 Å². The second kappa shape index (κ2) is 6.46. The summed E-state index contributed by atoms with van der Waals surface area (Å²) < 4.78 is 0.